The minimum Gasteiger partial charge on any atom is -0.493 e. The van der Waals surface area contributed by atoms with Crippen molar-refractivity contribution in [2.24, 2.45) is 23.4 Å². The maximum Gasteiger partial charge on any atom is 0.323 e. The Hall–Kier alpha value is -1.79. The average Bonchev–Trinajstić information content (AvgIpc) is 2.88. The first-order chi connectivity index (χ1) is 22.3. The molecule has 1 aromatic carbocycles. The Kier molecular flexibility index (Phi) is 2.54. The van der Waals surface area contributed by atoms with Gasteiger partial charge in [-0.15, -0.1) is 0 Å². The van der Waals surface area contributed by atoms with Gasteiger partial charge in [-0.1, -0.05) is 27.6 Å². The SMILES string of the molecule is [2H]C([2H])([2H])Oc1cc2c(cc1OC([2H])([2H])[2H])C1([2H])N(CC2)C([2H])([2H])C([2H])(CC(C)C)C([2H])(OC(=O)[C@@]([2H])(N)C([2H])(C([2H])([2H])[2H])C([2H])([2H])[2H])C1([2H])[2H]. The maximum atomic E-state index is 13.8. The van der Waals surface area contributed by atoms with Crippen molar-refractivity contribution in [3.63, 3.8) is 0 Å². The maximum absolute atomic E-state index is 13.8. The van der Waals surface area contributed by atoms with E-state index in [0.29, 0.717) is 11.0 Å². The van der Waals surface area contributed by atoms with Crippen LogP contribution in [0, 0.1) is 17.7 Å². The van der Waals surface area contributed by atoms with Crippen LogP contribution in [0.15, 0.2) is 12.1 Å². The number of hydrogen-bond donors (Lipinski definition) is 1. The van der Waals surface area contributed by atoms with E-state index in [1.807, 2.05) is 0 Å². The summed E-state index contributed by atoms with van der Waals surface area (Å²) in [5.74, 6) is -12.4. The Bertz CT molecular complexity index is 1510. The number of fused-ring (bicyclic) bond motifs is 3. The molecule has 168 valence electrons. The molecule has 4 atom stereocenters. The fraction of sp³-hybridized carbons (Fsp3) is 0.708. The molecule has 1 fully saturated rings. The summed E-state index contributed by atoms with van der Waals surface area (Å²) in [4.78, 5) is 14.3. The van der Waals surface area contributed by atoms with Gasteiger partial charge in [-0.05, 0) is 47.9 Å². The van der Waals surface area contributed by atoms with Gasteiger partial charge in [-0.2, -0.15) is 0 Å². The number of methoxy groups -OCH3 is 2. The van der Waals surface area contributed by atoms with Crippen molar-refractivity contribution in [2.75, 3.05) is 27.1 Å². The summed E-state index contributed by atoms with van der Waals surface area (Å²) in [6, 6.07) is -5.90. The summed E-state index contributed by atoms with van der Waals surface area (Å²) >= 11 is 0. The lowest BCUT2D eigenvalue weighted by Gasteiger charge is -2.47. The van der Waals surface area contributed by atoms with Crippen LogP contribution in [-0.4, -0.2) is 50.1 Å². The Balaban J connectivity index is 2.45. The van der Waals surface area contributed by atoms with Crippen LogP contribution in [0.25, 0.3) is 0 Å². The van der Waals surface area contributed by atoms with E-state index in [0.717, 1.165) is 6.07 Å². The lowest BCUT2D eigenvalue weighted by Crippen LogP contribution is -2.51. The molecule has 2 aliphatic rings. The number of esters is 1. The number of ether oxygens (including phenoxy) is 3. The first kappa shape index (κ1) is 7.96. The number of nitrogens with zero attached hydrogens (tertiary/aromatic N) is 1. The lowest BCUT2D eigenvalue weighted by molar-refractivity contribution is -0.160. The van der Waals surface area contributed by atoms with Gasteiger partial charge in [0, 0.05) is 47.8 Å². The van der Waals surface area contributed by atoms with E-state index in [9.17, 15) is 11.6 Å². The zero-order valence-corrected chi connectivity index (χ0v) is 16.5. The molecule has 1 saturated heterocycles. The fourth-order valence-corrected chi connectivity index (χ4v) is 3.21. The third-order valence-electron chi connectivity index (χ3n) is 4.59. The highest BCUT2D eigenvalue weighted by molar-refractivity contribution is 5.76. The molecular weight excluding hydrogens is 380 g/mol. The quantitative estimate of drug-likeness (QED) is 0.655. The highest BCUT2D eigenvalue weighted by Crippen LogP contribution is 2.44. The van der Waals surface area contributed by atoms with Gasteiger partial charge in [-0.25, -0.2) is 0 Å². The van der Waals surface area contributed by atoms with Gasteiger partial charge >= 0.3 is 5.97 Å². The molecule has 0 radical (unpaired) electrons. The van der Waals surface area contributed by atoms with Crippen LogP contribution >= 0.6 is 0 Å². The van der Waals surface area contributed by atoms with Gasteiger partial charge in [0.1, 0.15) is 12.1 Å². The molecule has 2 aliphatic heterocycles. The summed E-state index contributed by atoms with van der Waals surface area (Å²) in [6.07, 6.45) is -9.02. The summed E-state index contributed by atoms with van der Waals surface area (Å²) in [6.45, 7) is -9.16. The van der Waals surface area contributed by atoms with Crippen molar-refractivity contribution in [1.82, 2.24) is 4.90 Å². The largest absolute Gasteiger partial charge is 0.493 e. The van der Waals surface area contributed by atoms with Crippen molar-refractivity contribution in [2.45, 2.75) is 64.9 Å². The normalized spacial score (nSPS) is 49.0. The van der Waals surface area contributed by atoms with Gasteiger partial charge in [0.25, 0.3) is 0 Å². The first-order valence-corrected chi connectivity index (χ1v) is 9.16. The first-order valence-electron chi connectivity index (χ1n) is 19.7. The standard InChI is InChI=1S/C24H38N2O4/c1-14(2)9-17-13-26-8-7-16-10-21(28-5)22(29-6)11-18(16)19(26)12-20(17)30-24(27)23(25)15(3)4/h10-11,14-15,17,19-20,23H,7-9,12-13,25H2,1-6H3/t17?,19?,20?,23-/m0/s1/i3D3,4D3,5D3,6D3,12D2,13D2,15D,17D,19D,20D,23D. The molecule has 0 saturated carbocycles. The monoisotopic (exact) mass is 439 g/mol. The Morgan fingerprint density at radius 2 is 2.10 bits per heavy atom. The summed E-state index contributed by atoms with van der Waals surface area (Å²) < 4.78 is 188. The topological polar surface area (TPSA) is 74.0 Å². The average molecular weight is 440 g/mol. The minimum atomic E-state index is -4.20. The van der Waals surface area contributed by atoms with Crippen LogP contribution in [0.5, 0.6) is 11.5 Å². The second-order valence-electron chi connectivity index (χ2n) is 7.23. The van der Waals surface area contributed by atoms with E-state index in [4.69, 9.17) is 41.9 Å². The number of hydrogen-bond acceptors (Lipinski definition) is 6. The van der Waals surface area contributed by atoms with Gasteiger partial charge in [0.15, 0.2) is 11.5 Å². The molecule has 2 heterocycles. The molecule has 0 aliphatic carbocycles. The molecule has 6 heteroatoms. The molecule has 0 spiro atoms. The number of rotatable bonds is 7. The van der Waals surface area contributed by atoms with Crippen molar-refractivity contribution < 1.29 is 47.8 Å². The summed E-state index contributed by atoms with van der Waals surface area (Å²) in [7, 11) is -6.47. The van der Waals surface area contributed by atoms with Crippen molar-refractivity contribution >= 4 is 5.97 Å². The number of carbonyl (C=O) groups is 1. The molecule has 0 bridgehead atoms. The molecule has 2 N–H and O–H groups in total. The minimum absolute atomic E-state index is 0.142. The van der Waals surface area contributed by atoms with E-state index in [1.165, 1.54) is 13.8 Å². The Morgan fingerprint density at radius 1 is 1.37 bits per heavy atom. The molecule has 3 unspecified atom stereocenters. The van der Waals surface area contributed by atoms with E-state index in [2.05, 4.69) is 0 Å². The van der Waals surface area contributed by atoms with Gasteiger partial charge in [0.05, 0.1) is 26.4 Å². The van der Waals surface area contributed by atoms with E-state index < -0.39 is 112 Å². The zero-order chi connectivity index (χ0) is 40.2. The third kappa shape index (κ3) is 4.75. The van der Waals surface area contributed by atoms with Crippen LogP contribution in [0.3, 0.4) is 0 Å². The van der Waals surface area contributed by atoms with Gasteiger partial charge < -0.3 is 19.9 Å². The smallest absolute Gasteiger partial charge is 0.323 e. The summed E-state index contributed by atoms with van der Waals surface area (Å²) in [5, 5.41) is 0. The van der Waals surface area contributed by atoms with E-state index in [-0.39, 0.29) is 12.0 Å². The predicted octanol–water partition coefficient (Wildman–Crippen LogP) is 3.56. The fourth-order valence-electron chi connectivity index (χ4n) is 3.21. The molecule has 30 heavy (non-hydrogen) atoms. The number of benzene rings is 1. The van der Waals surface area contributed by atoms with Crippen molar-refractivity contribution in [1.29, 1.82) is 0 Å². The second-order valence-corrected chi connectivity index (χ2v) is 7.23. The molecule has 6 nitrogen and oxygen atoms in total. The molecule has 3 rings (SSSR count). The Morgan fingerprint density at radius 3 is 2.77 bits per heavy atom. The van der Waals surface area contributed by atoms with E-state index in [1.54, 1.807) is 0 Å². The Labute approximate surface area is 210 Å². The van der Waals surface area contributed by atoms with Gasteiger partial charge in [0.2, 0.25) is 0 Å². The molecule has 1 aromatic rings. The number of carbonyl (C=O) groups excluding carboxylic acids is 1. The highest BCUT2D eigenvalue weighted by Gasteiger charge is 2.41. The highest BCUT2D eigenvalue weighted by atomic mass is 16.5. The van der Waals surface area contributed by atoms with Crippen LogP contribution < -0.4 is 15.2 Å². The second kappa shape index (κ2) is 9.56. The van der Waals surface area contributed by atoms with Crippen LogP contribution in [0.4, 0.5) is 0 Å². The predicted molar refractivity (Wildman–Crippen MR) is 118 cm³/mol. The van der Waals surface area contributed by atoms with Crippen LogP contribution in [0.2, 0.25) is 0 Å². The van der Waals surface area contributed by atoms with Gasteiger partial charge in [-0.3, -0.25) is 9.69 Å². The zero-order valence-electron chi connectivity index (χ0n) is 37.5. The van der Waals surface area contributed by atoms with Crippen molar-refractivity contribution in [3.05, 3.63) is 23.3 Å². The lowest BCUT2D eigenvalue weighted by atomic mass is 9.79. The van der Waals surface area contributed by atoms with E-state index >= 15 is 0 Å². The number of piperidine rings is 1. The van der Waals surface area contributed by atoms with Crippen molar-refractivity contribution in [3.8, 4) is 11.5 Å². The van der Waals surface area contributed by atoms with Crippen LogP contribution in [-0.2, 0) is 16.0 Å². The molecule has 0 aromatic heterocycles. The van der Waals surface area contributed by atoms with Crippen LogP contribution in [0.1, 0.15) is 86.3 Å². The number of nitrogens with two attached hydrogens (primary N) is 1. The molecule has 0 amide bonds. The third-order valence-corrected chi connectivity index (χ3v) is 4.59. The summed E-state index contributed by atoms with van der Waals surface area (Å²) in [5.41, 5.74) is 4.87. The molecular formula is C24H38N2O4.